The Bertz CT molecular complexity index is 1630. The Morgan fingerprint density at radius 2 is 1.69 bits per heavy atom. The predicted octanol–water partition coefficient (Wildman–Crippen LogP) is 6.74. The Morgan fingerprint density at radius 3 is 2.27 bits per heavy atom. The maximum Gasteiger partial charge on any atom is 0.419 e. The van der Waals surface area contributed by atoms with Crippen molar-refractivity contribution >= 4 is 45.0 Å². The number of carbonyl (C=O) groups is 2. The Kier molecular flexibility index (Phi) is 9.59. The molecule has 9 nitrogen and oxygen atoms in total. The number of pyridine rings is 1. The van der Waals surface area contributed by atoms with Gasteiger partial charge in [0.25, 0.3) is 5.91 Å². The lowest BCUT2D eigenvalue weighted by atomic mass is 10.0. The van der Waals surface area contributed by atoms with Crippen molar-refractivity contribution in [1.82, 2.24) is 9.88 Å². The second-order valence-corrected chi connectivity index (χ2v) is 11.6. The zero-order valence-electron chi connectivity index (χ0n) is 24.4. The number of halogens is 7. The monoisotopic (exact) mass is 703 g/mol. The molecule has 0 aliphatic carbocycles. The second-order valence-electron chi connectivity index (χ2n) is 10.9. The van der Waals surface area contributed by atoms with Gasteiger partial charge >= 0.3 is 12.3 Å². The number of rotatable bonds is 7. The van der Waals surface area contributed by atoms with Crippen LogP contribution < -0.4 is 20.3 Å². The molecular weight excluding hydrogens is 676 g/mol. The molecule has 2 N–H and O–H groups in total. The van der Waals surface area contributed by atoms with Crippen LogP contribution in [0.3, 0.4) is 0 Å². The predicted molar refractivity (Wildman–Crippen MR) is 156 cm³/mol. The lowest BCUT2D eigenvalue weighted by molar-refractivity contribution is -0.139. The van der Waals surface area contributed by atoms with E-state index in [1.807, 2.05) is 0 Å². The molecular formula is C29H28BrF6N5O4. The van der Waals surface area contributed by atoms with Crippen molar-refractivity contribution in [1.29, 1.82) is 0 Å². The lowest BCUT2D eigenvalue weighted by Gasteiger charge is -2.39. The minimum atomic E-state index is -5.15. The van der Waals surface area contributed by atoms with Crippen molar-refractivity contribution in [3.05, 3.63) is 75.1 Å². The summed E-state index contributed by atoms with van der Waals surface area (Å²) in [5.74, 6) is -5.17. The van der Waals surface area contributed by atoms with Crippen molar-refractivity contribution in [2.24, 2.45) is 5.73 Å². The summed E-state index contributed by atoms with van der Waals surface area (Å²) >= 11 is 3.24. The zero-order valence-corrected chi connectivity index (χ0v) is 26.0. The summed E-state index contributed by atoms with van der Waals surface area (Å²) in [5.41, 5.74) is 1.53. The summed E-state index contributed by atoms with van der Waals surface area (Å²) in [6.07, 6.45) is -6.06. The van der Waals surface area contributed by atoms with E-state index in [1.165, 1.54) is 19.2 Å². The van der Waals surface area contributed by atoms with Gasteiger partial charge in [0, 0.05) is 24.7 Å². The number of amides is 2. The summed E-state index contributed by atoms with van der Waals surface area (Å²) < 4.78 is 97.2. The maximum absolute atomic E-state index is 15.6. The normalized spacial score (nSPS) is 13.6. The SMILES string of the molecule is COc1ccc(N2CN(c3ccc(F)c(F)c3CN(CCN)C(=O)OC(C)(C)C)c3cc(C(F)(F)F)c(F)cc3C2=O)c(Br)n1. The van der Waals surface area contributed by atoms with Crippen LogP contribution in [-0.4, -0.2) is 54.4 Å². The number of carbonyl (C=O) groups excluding carboxylic acids is 2. The van der Waals surface area contributed by atoms with Crippen molar-refractivity contribution in [3.8, 4) is 5.88 Å². The highest BCUT2D eigenvalue weighted by molar-refractivity contribution is 9.10. The zero-order chi connectivity index (χ0) is 33.4. The number of anilines is 3. The van der Waals surface area contributed by atoms with Crippen LogP contribution in [0.25, 0.3) is 0 Å². The highest BCUT2D eigenvalue weighted by Gasteiger charge is 2.40. The number of aromatic nitrogens is 1. The van der Waals surface area contributed by atoms with E-state index in [-0.39, 0.29) is 34.9 Å². The Hall–Kier alpha value is -4.05. The summed E-state index contributed by atoms with van der Waals surface area (Å²) in [6.45, 7) is 3.37. The number of hydrogen-bond donors (Lipinski definition) is 1. The summed E-state index contributed by atoms with van der Waals surface area (Å²) in [5, 5.41) is 0. The summed E-state index contributed by atoms with van der Waals surface area (Å²) in [4.78, 5) is 33.9. The minimum absolute atomic E-state index is 0.0902. The molecule has 1 aromatic heterocycles. The van der Waals surface area contributed by atoms with Gasteiger partial charge in [-0.15, -0.1) is 0 Å². The van der Waals surface area contributed by atoms with E-state index in [1.54, 1.807) is 20.8 Å². The fourth-order valence-corrected chi connectivity index (χ4v) is 5.13. The lowest BCUT2D eigenvalue weighted by Crippen LogP contribution is -2.46. The van der Waals surface area contributed by atoms with E-state index in [9.17, 15) is 31.5 Å². The number of nitrogens with zero attached hydrogens (tertiary/aromatic N) is 4. The van der Waals surface area contributed by atoms with E-state index in [0.29, 0.717) is 12.1 Å². The molecule has 3 aromatic rings. The van der Waals surface area contributed by atoms with Crippen LogP contribution in [0, 0.1) is 17.5 Å². The fraction of sp³-hybridized carbons (Fsp3) is 0.345. The maximum atomic E-state index is 15.6. The molecule has 0 bridgehead atoms. The molecule has 0 saturated carbocycles. The number of hydrogen-bond acceptors (Lipinski definition) is 7. The van der Waals surface area contributed by atoms with E-state index in [0.717, 1.165) is 26.8 Å². The largest absolute Gasteiger partial charge is 0.481 e. The molecule has 2 amide bonds. The average Bonchev–Trinajstić information content (AvgIpc) is 2.94. The van der Waals surface area contributed by atoms with Crippen LogP contribution in [0.4, 0.5) is 48.2 Å². The molecule has 45 heavy (non-hydrogen) atoms. The highest BCUT2D eigenvalue weighted by Crippen LogP contribution is 2.43. The molecule has 16 heteroatoms. The highest BCUT2D eigenvalue weighted by atomic mass is 79.9. The van der Waals surface area contributed by atoms with Gasteiger partial charge < -0.3 is 25.0 Å². The third-order valence-corrected chi connectivity index (χ3v) is 7.19. The van der Waals surface area contributed by atoms with Crippen LogP contribution >= 0.6 is 15.9 Å². The molecule has 0 atom stereocenters. The third-order valence-electron chi connectivity index (χ3n) is 6.61. The number of nitrogens with two attached hydrogens (primary N) is 1. The average molecular weight is 704 g/mol. The third kappa shape index (κ3) is 7.11. The van der Waals surface area contributed by atoms with Crippen LogP contribution in [0.1, 0.15) is 42.3 Å². The van der Waals surface area contributed by atoms with E-state index < -0.39 is 76.8 Å². The molecule has 1 aliphatic heterocycles. The number of ether oxygens (including phenoxy) is 2. The van der Waals surface area contributed by atoms with Gasteiger partial charge in [-0.25, -0.2) is 22.9 Å². The van der Waals surface area contributed by atoms with E-state index >= 15 is 4.39 Å². The van der Waals surface area contributed by atoms with Crippen LogP contribution in [0.15, 0.2) is 41.0 Å². The molecule has 0 saturated heterocycles. The number of alkyl halides is 3. The Labute approximate surface area is 262 Å². The van der Waals surface area contributed by atoms with Crippen molar-refractivity contribution in [3.63, 3.8) is 0 Å². The molecule has 2 aromatic carbocycles. The molecule has 0 unspecified atom stereocenters. The van der Waals surface area contributed by atoms with Crippen LogP contribution in [-0.2, 0) is 17.5 Å². The van der Waals surface area contributed by atoms with E-state index in [4.69, 9.17) is 15.2 Å². The molecule has 2 heterocycles. The molecule has 4 rings (SSSR count). The minimum Gasteiger partial charge on any atom is -0.481 e. The van der Waals surface area contributed by atoms with Gasteiger partial charge in [0.15, 0.2) is 11.6 Å². The standard InChI is InChI=1S/C29H28BrF6N5O4/c1-28(2,3)45-27(43)39(10-9-37)13-16-20(6-5-18(31)24(16)33)40-14-41(21-7-8-23(44-4)38-25(21)30)26(42)15-11-19(32)17(12-22(15)40)29(34,35)36/h5-8,11-12H,9-10,13-14,37H2,1-4H3. The quantitative estimate of drug-likeness (QED) is 0.215. The number of fused-ring (bicyclic) bond motifs is 1. The van der Waals surface area contributed by atoms with Gasteiger partial charge in [-0.3, -0.25) is 9.69 Å². The fourth-order valence-electron chi connectivity index (χ4n) is 4.61. The first-order valence-corrected chi connectivity index (χ1v) is 14.1. The second kappa shape index (κ2) is 12.7. The first-order valence-electron chi connectivity index (χ1n) is 13.3. The van der Waals surface area contributed by atoms with Gasteiger partial charge in [0.05, 0.1) is 41.8 Å². The van der Waals surface area contributed by atoms with Crippen molar-refractivity contribution in [2.75, 3.05) is 36.7 Å². The summed E-state index contributed by atoms with van der Waals surface area (Å²) in [6, 6.07) is 5.53. The molecule has 242 valence electrons. The first-order chi connectivity index (χ1) is 21.0. The topological polar surface area (TPSA) is 101 Å². The molecule has 0 spiro atoms. The van der Waals surface area contributed by atoms with E-state index in [2.05, 4.69) is 20.9 Å². The Balaban J connectivity index is 1.94. The van der Waals surface area contributed by atoms with Gasteiger partial charge in [-0.2, -0.15) is 13.2 Å². The first kappa shape index (κ1) is 33.8. The summed E-state index contributed by atoms with van der Waals surface area (Å²) in [7, 11) is 1.36. The van der Waals surface area contributed by atoms with Gasteiger partial charge in [-0.1, -0.05) is 0 Å². The van der Waals surface area contributed by atoms with Gasteiger partial charge in [-0.05, 0) is 67.0 Å². The molecule has 0 radical (unpaired) electrons. The Morgan fingerprint density at radius 1 is 1.02 bits per heavy atom. The molecule has 1 aliphatic rings. The van der Waals surface area contributed by atoms with Gasteiger partial charge in [0.2, 0.25) is 5.88 Å². The van der Waals surface area contributed by atoms with Gasteiger partial charge in [0.1, 0.15) is 22.7 Å². The van der Waals surface area contributed by atoms with Crippen LogP contribution in [0.2, 0.25) is 0 Å². The van der Waals surface area contributed by atoms with Crippen molar-refractivity contribution in [2.45, 2.75) is 39.1 Å². The number of benzene rings is 2. The number of methoxy groups -OCH3 is 1. The molecule has 0 fully saturated rings. The van der Waals surface area contributed by atoms with Crippen LogP contribution in [0.5, 0.6) is 5.88 Å². The smallest absolute Gasteiger partial charge is 0.419 e. The van der Waals surface area contributed by atoms with Crippen molar-refractivity contribution < 1.29 is 45.4 Å².